The van der Waals surface area contributed by atoms with Crippen LogP contribution in [0.15, 0.2) is 18.2 Å². The molecule has 0 radical (unpaired) electrons. The number of aliphatic hydroxyl groups is 1. The number of rotatable bonds is 4. The highest BCUT2D eigenvalue weighted by molar-refractivity contribution is 5.75. The number of carbonyl (C=O) groups is 1. The van der Waals surface area contributed by atoms with E-state index in [2.05, 4.69) is 5.32 Å². The number of benzene rings is 1. The van der Waals surface area contributed by atoms with Crippen molar-refractivity contribution in [1.29, 1.82) is 0 Å². The first kappa shape index (κ1) is 17.6. The highest BCUT2D eigenvalue weighted by Crippen LogP contribution is 2.20. The van der Waals surface area contributed by atoms with Crippen LogP contribution in [0.2, 0.25) is 0 Å². The highest BCUT2D eigenvalue weighted by Gasteiger charge is 2.29. The van der Waals surface area contributed by atoms with Crippen LogP contribution in [0.4, 0.5) is 13.6 Å². The SMILES string of the molecule is CC(O)CC1COCCN1C(=O)NC(C)c1cccc(F)c1F. The molecule has 1 heterocycles. The van der Waals surface area contributed by atoms with E-state index in [4.69, 9.17) is 4.74 Å². The van der Waals surface area contributed by atoms with Gasteiger partial charge in [-0.2, -0.15) is 0 Å². The van der Waals surface area contributed by atoms with Gasteiger partial charge in [0.15, 0.2) is 11.6 Å². The Kier molecular flexibility index (Phi) is 5.90. The van der Waals surface area contributed by atoms with Crippen LogP contribution in [0.25, 0.3) is 0 Å². The number of hydrogen-bond acceptors (Lipinski definition) is 3. The third kappa shape index (κ3) is 4.39. The van der Waals surface area contributed by atoms with Gasteiger partial charge in [-0.25, -0.2) is 13.6 Å². The Morgan fingerprint density at radius 2 is 2.22 bits per heavy atom. The number of halogens is 2. The van der Waals surface area contributed by atoms with Crippen molar-refractivity contribution < 1.29 is 23.4 Å². The number of ether oxygens (including phenoxy) is 1. The summed E-state index contributed by atoms with van der Waals surface area (Å²) >= 11 is 0. The van der Waals surface area contributed by atoms with Crippen molar-refractivity contribution in [1.82, 2.24) is 10.2 Å². The molecule has 1 aromatic rings. The normalized spacial score (nSPS) is 20.9. The van der Waals surface area contributed by atoms with Gasteiger partial charge < -0.3 is 20.1 Å². The van der Waals surface area contributed by atoms with E-state index < -0.39 is 23.8 Å². The number of carbonyl (C=O) groups excluding carboxylic acids is 1. The number of nitrogens with one attached hydrogen (secondary N) is 1. The Hall–Kier alpha value is -1.73. The van der Waals surface area contributed by atoms with Crippen LogP contribution in [0.1, 0.15) is 31.9 Å². The summed E-state index contributed by atoms with van der Waals surface area (Å²) in [6.07, 6.45) is -0.161. The summed E-state index contributed by atoms with van der Waals surface area (Å²) in [5.74, 6) is -1.90. The molecule has 3 atom stereocenters. The van der Waals surface area contributed by atoms with Crippen molar-refractivity contribution in [2.75, 3.05) is 19.8 Å². The smallest absolute Gasteiger partial charge is 0.318 e. The first-order valence-corrected chi connectivity index (χ1v) is 7.67. The van der Waals surface area contributed by atoms with Gasteiger partial charge >= 0.3 is 6.03 Å². The molecule has 7 heteroatoms. The molecule has 1 aliphatic heterocycles. The molecule has 23 heavy (non-hydrogen) atoms. The summed E-state index contributed by atoms with van der Waals surface area (Å²) < 4.78 is 32.4. The van der Waals surface area contributed by atoms with Crippen LogP contribution in [-0.2, 0) is 4.74 Å². The van der Waals surface area contributed by atoms with Gasteiger partial charge in [-0.05, 0) is 26.3 Å². The van der Waals surface area contributed by atoms with E-state index in [9.17, 15) is 18.7 Å². The Bertz CT molecular complexity index is 554. The maximum Gasteiger partial charge on any atom is 0.318 e. The molecule has 1 aromatic carbocycles. The molecule has 0 aromatic heterocycles. The fourth-order valence-electron chi connectivity index (χ4n) is 2.71. The van der Waals surface area contributed by atoms with Gasteiger partial charge in [-0.15, -0.1) is 0 Å². The third-order valence-corrected chi connectivity index (χ3v) is 3.89. The van der Waals surface area contributed by atoms with Crippen molar-refractivity contribution in [2.24, 2.45) is 0 Å². The predicted octanol–water partition coefficient (Wildman–Crippen LogP) is 2.21. The lowest BCUT2D eigenvalue weighted by Gasteiger charge is -2.37. The molecule has 1 fully saturated rings. The van der Waals surface area contributed by atoms with E-state index in [1.807, 2.05) is 0 Å². The number of nitrogens with zero attached hydrogens (tertiary/aromatic N) is 1. The number of hydrogen-bond donors (Lipinski definition) is 2. The van der Waals surface area contributed by atoms with Gasteiger partial charge in [0.1, 0.15) is 0 Å². The standard InChI is InChI=1S/C16H22F2N2O3/c1-10(21)8-12-9-23-7-6-20(12)16(22)19-11(2)13-4-3-5-14(17)15(13)18/h3-5,10-12,21H,6-9H2,1-2H3,(H,19,22). The number of amides is 2. The van der Waals surface area contributed by atoms with Crippen LogP contribution in [-0.4, -0.2) is 47.9 Å². The molecule has 5 nitrogen and oxygen atoms in total. The summed E-state index contributed by atoms with van der Waals surface area (Å²) in [6.45, 7) is 4.39. The van der Waals surface area contributed by atoms with Crippen molar-refractivity contribution in [2.45, 2.75) is 38.5 Å². The minimum absolute atomic E-state index is 0.0960. The highest BCUT2D eigenvalue weighted by atomic mass is 19.2. The first-order chi connectivity index (χ1) is 10.9. The maximum absolute atomic E-state index is 13.8. The lowest BCUT2D eigenvalue weighted by molar-refractivity contribution is -0.00475. The molecule has 0 aliphatic carbocycles. The van der Waals surface area contributed by atoms with Gasteiger partial charge in [0, 0.05) is 12.1 Å². The number of urea groups is 1. The van der Waals surface area contributed by atoms with Gasteiger partial charge in [-0.3, -0.25) is 0 Å². The Morgan fingerprint density at radius 1 is 1.48 bits per heavy atom. The van der Waals surface area contributed by atoms with Crippen molar-refractivity contribution in [3.05, 3.63) is 35.4 Å². The van der Waals surface area contributed by atoms with Gasteiger partial charge in [0.2, 0.25) is 0 Å². The topological polar surface area (TPSA) is 61.8 Å². The summed E-state index contributed by atoms with van der Waals surface area (Å²) in [6, 6.07) is 2.59. The molecule has 2 N–H and O–H groups in total. The molecule has 2 amide bonds. The van der Waals surface area contributed by atoms with Crippen LogP contribution in [0.5, 0.6) is 0 Å². The van der Waals surface area contributed by atoms with Crippen molar-refractivity contribution in [3.63, 3.8) is 0 Å². The first-order valence-electron chi connectivity index (χ1n) is 7.67. The number of aliphatic hydroxyl groups excluding tert-OH is 1. The van der Waals surface area contributed by atoms with E-state index in [1.165, 1.54) is 12.1 Å². The van der Waals surface area contributed by atoms with Gasteiger partial charge in [0.05, 0.1) is 31.4 Å². The van der Waals surface area contributed by atoms with E-state index >= 15 is 0 Å². The lowest BCUT2D eigenvalue weighted by Crippen LogP contribution is -2.53. The molecule has 2 rings (SSSR count). The minimum Gasteiger partial charge on any atom is -0.393 e. The number of morpholine rings is 1. The van der Waals surface area contributed by atoms with Crippen molar-refractivity contribution in [3.8, 4) is 0 Å². The largest absolute Gasteiger partial charge is 0.393 e. The second-order valence-electron chi connectivity index (χ2n) is 5.82. The monoisotopic (exact) mass is 328 g/mol. The molecular formula is C16H22F2N2O3. The van der Waals surface area contributed by atoms with Gasteiger partial charge in [0.25, 0.3) is 0 Å². The average molecular weight is 328 g/mol. The zero-order valence-corrected chi connectivity index (χ0v) is 13.3. The summed E-state index contributed by atoms with van der Waals surface area (Å²) in [7, 11) is 0. The maximum atomic E-state index is 13.8. The molecule has 0 spiro atoms. The average Bonchev–Trinajstić information content (AvgIpc) is 2.49. The fourth-order valence-corrected chi connectivity index (χ4v) is 2.71. The third-order valence-electron chi connectivity index (χ3n) is 3.89. The second kappa shape index (κ2) is 7.70. The fraction of sp³-hybridized carbons (Fsp3) is 0.562. The van der Waals surface area contributed by atoms with Crippen LogP contribution < -0.4 is 5.32 Å². The van der Waals surface area contributed by atoms with Crippen LogP contribution in [0, 0.1) is 11.6 Å². The van der Waals surface area contributed by atoms with Crippen molar-refractivity contribution >= 4 is 6.03 Å². The van der Waals surface area contributed by atoms with Crippen LogP contribution >= 0.6 is 0 Å². The van der Waals surface area contributed by atoms with E-state index in [0.29, 0.717) is 26.2 Å². The van der Waals surface area contributed by atoms with E-state index in [0.717, 1.165) is 6.07 Å². The Labute approximate surface area is 134 Å². The van der Waals surface area contributed by atoms with Crippen LogP contribution in [0.3, 0.4) is 0 Å². The summed E-state index contributed by atoms with van der Waals surface area (Å²) in [5, 5.41) is 12.2. The molecule has 128 valence electrons. The zero-order chi connectivity index (χ0) is 17.0. The van der Waals surface area contributed by atoms with E-state index in [1.54, 1.807) is 18.7 Å². The molecule has 0 bridgehead atoms. The predicted molar refractivity (Wildman–Crippen MR) is 80.9 cm³/mol. The Morgan fingerprint density at radius 3 is 2.91 bits per heavy atom. The molecule has 1 aliphatic rings. The molecule has 0 saturated carbocycles. The summed E-state index contributed by atoms with van der Waals surface area (Å²) in [5.41, 5.74) is 0.0960. The quantitative estimate of drug-likeness (QED) is 0.891. The lowest BCUT2D eigenvalue weighted by atomic mass is 10.1. The Balaban J connectivity index is 2.05. The summed E-state index contributed by atoms with van der Waals surface area (Å²) in [4.78, 5) is 14.0. The second-order valence-corrected chi connectivity index (χ2v) is 5.82. The zero-order valence-electron chi connectivity index (χ0n) is 13.3. The minimum atomic E-state index is -0.956. The molecule has 3 unspecified atom stereocenters. The van der Waals surface area contributed by atoms with Gasteiger partial charge in [-0.1, -0.05) is 12.1 Å². The molecular weight excluding hydrogens is 306 g/mol. The molecule has 1 saturated heterocycles. The van der Waals surface area contributed by atoms with E-state index in [-0.39, 0.29) is 17.6 Å².